The fraction of sp³-hybridized carbons (Fsp3) is 0.412. The van der Waals surface area contributed by atoms with Gasteiger partial charge in [0.15, 0.2) is 0 Å². The van der Waals surface area contributed by atoms with Crippen LogP contribution in [-0.4, -0.2) is 16.9 Å². The summed E-state index contributed by atoms with van der Waals surface area (Å²) in [5, 5.41) is 5.07. The number of rotatable bonds is 3. The van der Waals surface area contributed by atoms with E-state index in [1.165, 1.54) is 19.3 Å². The molecule has 0 saturated heterocycles. The lowest BCUT2D eigenvalue weighted by Crippen LogP contribution is -2.42. The van der Waals surface area contributed by atoms with Crippen molar-refractivity contribution in [1.29, 1.82) is 0 Å². The number of aromatic nitrogens is 1. The monoisotopic (exact) mass is 283 g/mol. The van der Waals surface area contributed by atoms with Gasteiger partial charge in [0.1, 0.15) is 0 Å². The van der Waals surface area contributed by atoms with Crippen molar-refractivity contribution in [3.63, 3.8) is 0 Å². The molecule has 1 aromatic carbocycles. The number of hydrogen-bond donors (Lipinski definition) is 2. The Labute approximate surface area is 124 Å². The molecule has 1 aliphatic rings. The zero-order valence-corrected chi connectivity index (χ0v) is 12.1. The van der Waals surface area contributed by atoms with Gasteiger partial charge in [-0.2, -0.15) is 0 Å². The van der Waals surface area contributed by atoms with Gasteiger partial charge in [-0.05, 0) is 42.3 Å². The molecule has 1 aromatic heterocycles. The second-order valence-electron chi connectivity index (χ2n) is 5.85. The minimum absolute atomic E-state index is 0.0786. The molecule has 1 fully saturated rings. The topological polar surface area (TPSA) is 68.0 Å². The number of nitrogens with two attached hydrogens (primary N) is 1. The molecular weight excluding hydrogens is 262 g/mol. The number of carbonyl (C=O) groups is 1. The fourth-order valence-corrected chi connectivity index (χ4v) is 3.10. The average molecular weight is 283 g/mol. The van der Waals surface area contributed by atoms with E-state index in [4.69, 9.17) is 5.73 Å². The Morgan fingerprint density at radius 2 is 2.00 bits per heavy atom. The van der Waals surface area contributed by atoms with Gasteiger partial charge in [-0.25, -0.2) is 0 Å². The highest BCUT2D eigenvalue weighted by Gasteiger charge is 2.26. The number of pyridine rings is 1. The van der Waals surface area contributed by atoms with E-state index in [-0.39, 0.29) is 5.91 Å². The van der Waals surface area contributed by atoms with Crippen LogP contribution in [0, 0.1) is 5.92 Å². The Balaban J connectivity index is 1.70. The molecule has 0 spiro atoms. The lowest BCUT2D eigenvalue weighted by Gasteiger charge is -2.26. The second-order valence-corrected chi connectivity index (χ2v) is 5.85. The number of benzene rings is 1. The molecular formula is C17H21N3O. The van der Waals surface area contributed by atoms with E-state index in [1.54, 1.807) is 12.4 Å². The predicted molar refractivity (Wildman–Crippen MR) is 84.9 cm³/mol. The maximum atomic E-state index is 12.3. The van der Waals surface area contributed by atoms with Gasteiger partial charge in [-0.1, -0.05) is 25.3 Å². The van der Waals surface area contributed by atoms with Crippen LogP contribution in [0.1, 0.15) is 32.1 Å². The number of anilines is 1. The normalized spacial score (nSPS) is 17.6. The van der Waals surface area contributed by atoms with Crippen molar-refractivity contribution < 1.29 is 4.79 Å². The molecule has 1 aliphatic carbocycles. The molecule has 0 bridgehead atoms. The Morgan fingerprint density at radius 3 is 2.81 bits per heavy atom. The Hall–Kier alpha value is -1.94. The number of hydrogen-bond acceptors (Lipinski definition) is 3. The van der Waals surface area contributed by atoms with Crippen LogP contribution in [0.15, 0.2) is 36.7 Å². The summed E-state index contributed by atoms with van der Waals surface area (Å²) in [4.78, 5) is 16.4. The largest absolute Gasteiger partial charge is 0.325 e. The quantitative estimate of drug-likeness (QED) is 0.909. The average Bonchev–Trinajstić information content (AvgIpc) is 2.55. The molecule has 2 aromatic rings. The lowest BCUT2D eigenvalue weighted by molar-refractivity contribution is -0.118. The summed E-state index contributed by atoms with van der Waals surface area (Å²) in [6, 6.07) is 7.38. The van der Waals surface area contributed by atoms with Crippen LogP contribution in [0.2, 0.25) is 0 Å². The van der Waals surface area contributed by atoms with Crippen molar-refractivity contribution in [1.82, 2.24) is 4.98 Å². The van der Waals surface area contributed by atoms with Crippen molar-refractivity contribution in [3.05, 3.63) is 36.7 Å². The molecule has 21 heavy (non-hydrogen) atoms. The van der Waals surface area contributed by atoms with Gasteiger partial charge in [0.25, 0.3) is 0 Å². The van der Waals surface area contributed by atoms with E-state index in [0.717, 1.165) is 29.3 Å². The molecule has 4 heteroatoms. The van der Waals surface area contributed by atoms with E-state index in [2.05, 4.69) is 10.3 Å². The molecule has 1 amide bonds. The first kappa shape index (κ1) is 14.0. The van der Waals surface area contributed by atoms with E-state index in [0.29, 0.717) is 5.92 Å². The molecule has 0 unspecified atom stereocenters. The van der Waals surface area contributed by atoms with Crippen LogP contribution in [0.25, 0.3) is 10.8 Å². The van der Waals surface area contributed by atoms with Crippen LogP contribution >= 0.6 is 0 Å². The first-order valence-electron chi connectivity index (χ1n) is 7.64. The minimum Gasteiger partial charge on any atom is -0.325 e. The lowest BCUT2D eigenvalue weighted by atomic mass is 9.84. The number of fused-ring (bicyclic) bond motifs is 1. The van der Waals surface area contributed by atoms with E-state index in [1.807, 2.05) is 24.3 Å². The summed E-state index contributed by atoms with van der Waals surface area (Å²) < 4.78 is 0. The third kappa shape index (κ3) is 3.22. The third-order valence-electron chi connectivity index (χ3n) is 4.37. The van der Waals surface area contributed by atoms with Crippen molar-refractivity contribution in [2.45, 2.75) is 38.1 Å². The van der Waals surface area contributed by atoms with Gasteiger partial charge >= 0.3 is 0 Å². The van der Waals surface area contributed by atoms with Crippen LogP contribution < -0.4 is 11.1 Å². The second kappa shape index (κ2) is 6.22. The van der Waals surface area contributed by atoms with Gasteiger partial charge in [-0.15, -0.1) is 0 Å². The molecule has 4 nitrogen and oxygen atoms in total. The maximum Gasteiger partial charge on any atom is 0.241 e. The van der Waals surface area contributed by atoms with E-state index >= 15 is 0 Å². The highest BCUT2D eigenvalue weighted by molar-refractivity contribution is 5.97. The zero-order valence-electron chi connectivity index (χ0n) is 12.1. The Kier molecular flexibility index (Phi) is 4.15. The van der Waals surface area contributed by atoms with E-state index < -0.39 is 6.04 Å². The molecule has 0 aliphatic heterocycles. The van der Waals surface area contributed by atoms with Crippen molar-refractivity contribution in [2.24, 2.45) is 11.7 Å². The highest BCUT2D eigenvalue weighted by Crippen LogP contribution is 2.26. The predicted octanol–water partition coefficient (Wildman–Crippen LogP) is 3.08. The SMILES string of the molecule is N[C@@H](C(=O)Nc1ccc2ccncc2c1)C1CCCCC1. The van der Waals surface area contributed by atoms with Gasteiger partial charge in [0.05, 0.1) is 6.04 Å². The maximum absolute atomic E-state index is 12.3. The Bertz CT molecular complexity index is 635. The van der Waals surface area contributed by atoms with Crippen molar-refractivity contribution in [3.8, 4) is 0 Å². The summed E-state index contributed by atoms with van der Waals surface area (Å²) in [7, 11) is 0. The number of nitrogens with zero attached hydrogens (tertiary/aromatic N) is 1. The van der Waals surface area contributed by atoms with Crippen LogP contribution in [0.4, 0.5) is 5.69 Å². The van der Waals surface area contributed by atoms with Gasteiger partial charge in [-0.3, -0.25) is 9.78 Å². The highest BCUT2D eigenvalue weighted by atomic mass is 16.2. The molecule has 3 rings (SSSR count). The van der Waals surface area contributed by atoms with Crippen LogP contribution in [-0.2, 0) is 4.79 Å². The molecule has 1 saturated carbocycles. The van der Waals surface area contributed by atoms with Gasteiger partial charge < -0.3 is 11.1 Å². The summed E-state index contributed by atoms with van der Waals surface area (Å²) in [5.41, 5.74) is 6.91. The Morgan fingerprint density at radius 1 is 1.19 bits per heavy atom. The number of carbonyl (C=O) groups excluding carboxylic acids is 1. The molecule has 0 radical (unpaired) electrons. The molecule has 1 heterocycles. The van der Waals surface area contributed by atoms with E-state index in [9.17, 15) is 4.79 Å². The molecule has 1 atom stereocenters. The first-order valence-corrected chi connectivity index (χ1v) is 7.64. The van der Waals surface area contributed by atoms with Crippen LogP contribution in [0.5, 0.6) is 0 Å². The zero-order chi connectivity index (χ0) is 14.7. The summed E-state index contributed by atoms with van der Waals surface area (Å²) in [6.07, 6.45) is 9.33. The van der Waals surface area contributed by atoms with Gasteiger partial charge in [0, 0.05) is 23.5 Å². The number of amides is 1. The fourth-order valence-electron chi connectivity index (χ4n) is 3.10. The summed E-state index contributed by atoms with van der Waals surface area (Å²) in [6.45, 7) is 0. The molecule has 3 N–H and O–H groups in total. The van der Waals surface area contributed by atoms with Crippen molar-refractivity contribution >= 4 is 22.4 Å². The first-order chi connectivity index (χ1) is 10.2. The van der Waals surface area contributed by atoms with Crippen LogP contribution in [0.3, 0.4) is 0 Å². The number of nitrogens with one attached hydrogen (secondary N) is 1. The third-order valence-corrected chi connectivity index (χ3v) is 4.37. The smallest absolute Gasteiger partial charge is 0.241 e. The van der Waals surface area contributed by atoms with Gasteiger partial charge in [0.2, 0.25) is 5.91 Å². The minimum atomic E-state index is -0.408. The molecule has 110 valence electrons. The van der Waals surface area contributed by atoms with Crippen molar-refractivity contribution in [2.75, 3.05) is 5.32 Å². The summed E-state index contributed by atoms with van der Waals surface area (Å²) >= 11 is 0. The standard InChI is InChI=1S/C17H21N3O/c18-16(13-4-2-1-3-5-13)17(21)20-15-7-6-12-8-9-19-11-14(12)10-15/h6-11,13,16H,1-5,18H2,(H,20,21)/t16-/m1/s1. The summed E-state index contributed by atoms with van der Waals surface area (Å²) in [5.74, 6) is 0.242.